The first-order chi connectivity index (χ1) is 17.0. The van der Waals surface area contributed by atoms with Crippen molar-refractivity contribution in [2.24, 2.45) is 5.92 Å². The van der Waals surface area contributed by atoms with Crippen molar-refractivity contribution in [3.05, 3.63) is 90.0 Å². The van der Waals surface area contributed by atoms with E-state index in [1.54, 1.807) is 30.3 Å². The van der Waals surface area contributed by atoms with Crippen LogP contribution in [0.3, 0.4) is 0 Å². The molecule has 3 aromatic rings. The molecule has 2 aliphatic rings. The fourth-order valence-electron chi connectivity index (χ4n) is 5.04. The Bertz CT molecular complexity index is 1340. The van der Waals surface area contributed by atoms with E-state index in [-0.39, 0.29) is 16.9 Å². The lowest BCUT2D eigenvalue weighted by Gasteiger charge is -2.37. The van der Waals surface area contributed by atoms with Gasteiger partial charge in [0.15, 0.2) is 0 Å². The lowest BCUT2D eigenvalue weighted by atomic mass is 9.77. The third kappa shape index (κ3) is 4.60. The summed E-state index contributed by atoms with van der Waals surface area (Å²) in [6.07, 6.45) is 5.34. The fourth-order valence-corrected chi connectivity index (χ4v) is 6.15. The molecule has 0 amide bonds. The average Bonchev–Trinajstić information content (AvgIpc) is 3.36. The number of rotatable bonds is 8. The van der Waals surface area contributed by atoms with Gasteiger partial charge < -0.3 is 14.8 Å². The lowest BCUT2D eigenvalue weighted by Crippen LogP contribution is -2.29. The number of fused-ring (bicyclic) bond motifs is 3. The van der Waals surface area contributed by atoms with E-state index in [1.165, 1.54) is 5.56 Å². The van der Waals surface area contributed by atoms with Gasteiger partial charge >= 0.3 is 0 Å². The van der Waals surface area contributed by atoms with Crippen LogP contribution in [0.2, 0.25) is 0 Å². The summed E-state index contributed by atoms with van der Waals surface area (Å²) in [5.74, 6) is 1.83. The SMILES string of the molecule is CCOc1ccc([C@H]2Nc3ccc(S(=O)(=O)Nc4ccccc4OCC)cc3[C@H]3C=CC[C@H]32)cc1. The lowest BCUT2D eigenvalue weighted by molar-refractivity contribution is 0.340. The summed E-state index contributed by atoms with van der Waals surface area (Å²) in [7, 11) is -3.79. The first kappa shape index (κ1) is 23.3. The molecule has 0 saturated heterocycles. The van der Waals surface area contributed by atoms with Crippen LogP contribution in [-0.4, -0.2) is 21.6 Å². The maximum absolute atomic E-state index is 13.3. The Kier molecular flexibility index (Phi) is 6.43. The number of hydrogen-bond acceptors (Lipinski definition) is 5. The summed E-state index contributed by atoms with van der Waals surface area (Å²) < 4.78 is 40.5. The summed E-state index contributed by atoms with van der Waals surface area (Å²) in [5.41, 5.74) is 3.60. The third-order valence-corrected chi connectivity index (χ3v) is 7.99. The van der Waals surface area contributed by atoms with E-state index in [2.05, 4.69) is 34.3 Å². The molecule has 0 spiro atoms. The predicted molar refractivity (Wildman–Crippen MR) is 139 cm³/mol. The molecule has 35 heavy (non-hydrogen) atoms. The highest BCUT2D eigenvalue weighted by Gasteiger charge is 2.38. The maximum atomic E-state index is 13.3. The minimum absolute atomic E-state index is 0.136. The first-order valence-electron chi connectivity index (χ1n) is 12.0. The van der Waals surface area contributed by atoms with E-state index in [1.807, 2.05) is 38.1 Å². The van der Waals surface area contributed by atoms with Crippen LogP contribution in [0.25, 0.3) is 0 Å². The Balaban J connectivity index is 1.44. The number of hydrogen-bond donors (Lipinski definition) is 2. The topological polar surface area (TPSA) is 76.7 Å². The van der Waals surface area contributed by atoms with Gasteiger partial charge in [0.1, 0.15) is 11.5 Å². The normalized spacial score (nSPS) is 20.5. The Hall–Kier alpha value is -3.45. The molecule has 182 valence electrons. The average molecular weight is 491 g/mol. The van der Waals surface area contributed by atoms with Crippen molar-refractivity contribution >= 4 is 21.4 Å². The molecular weight excluding hydrogens is 460 g/mol. The minimum Gasteiger partial charge on any atom is -0.494 e. The molecular formula is C28H30N2O4S. The van der Waals surface area contributed by atoms with E-state index in [0.29, 0.717) is 30.6 Å². The maximum Gasteiger partial charge on any atom is 0.262 e. The summed E-state index contributed by atoms with van der Waals surface area (Å²) in [5, 5.41) is 3.67. The number of allylic oxidation sites excluding steroid dienone is 2. The summed E-state index contributed by atoms with van der Waals surface area (Å²) >= 11 is 0. The Morgan fingerprint density at radius 1 is 0.971 bits per heavy atom. The number of nitrogens with one attached hydrogen (secondary N) is 2. The van der Waals surface area contributed by atoms with Crippen LogP contribution in [0.1, 0.15) is 43.4 Å². The van der Waals surface area contributed by atoms with Crippen molar-refractivity contribution in [2.75, 3.05) is 23.3 Å². The van der Waals surface area contributed by atoms with E-state index >= 15 is 0 Å². The molecule has 0 radical (unpaired) electrons. The van der Waals surface area contributed by atoms with Crippen molar-refractivity contribution in [3.63, 3.8) is 0 Å². The molecule has 6 nitrogen and oxygen atoms in total. The van der Waals surface area contributed by atoms with E-state index in [9.17, 15) is 8.42 Å². The number of sulfonamides is 1. The molecule has 1 aliphatic heterocycles. The van der Waals surface area contributed by atoms with Crippen molar-refractivity contribution in [1.29, 1.82) is 0 Å². The van der Waals surface area contributed by atoms with E-state index in [4.69, 9.17) is 9.47 Å². The zero-order chi connectivity index (χ0) is 24.4. The molecule has 1 heterocycles. The summed E-state index contributed by atoms with van der Waals surface area (Å²) in [6.45, 7) is 4.94. The van der Waals surface area contributed by atoms with Crippen LogP contribution in [0.5, 0.6) is 11.5 Å². The highest BCUT2D eigenvalue weighted by molar-refractivity contribution is 7.92. The minimum atomic E-state index is -3.79. The zero-order valence-electron chi connectivity index (χ0n) is 19.9. The van der Waals surface area contributed by atoms with Gasteiger partial charge in [-0.25, -0.2) is 8.42 Å². The molecule has 0 saturated carbocycles. The predicted octanol–water partition coefficient (Wildman–Crippen LogP) is 6.11. The summed E-state index contributed by atoms with van der Waals surface area (Å²) in [6, 6.07) is 20.8. The zero-order valence-corrected chi connectivity index (χ0v) is 20.7. The second-order valence-electron chi connectivity index (χ2n) is 8.76. The first-order valence-corrected chi connectivity index (χ1v) is 13.5. The van der Waals surface area contributed by atoms with Crippen molar-refractivity contribution in [2.45, 2.75) is 37.1 Å². The highest BCUT2D eigenvalue weighted by atomic mass is 32.2. The van der Waals surface area contributed by atoms with Gasteiger partial charge in [0.05, 0.1) is 29.8 Å². The molecule has 3 aromatic carbocycles. The number of anilines is 2. The molecule has 7 heteroatoms. The van der Waals surface area contributed by atoms with Crippen molar-refractivity contribution in [1.82, 2.24) is 0 Å². The Morgan fingerprint density at radius 3 is 2.51 bits per heavy atom. The van der Waals surface area contributed by atoms with Crippen LogP contribution in [0.4, 0.5) is 11.4 Å². The van der Waals surface area contributed by atoms with Gasteiger partial charge in [-0.05, 0) is 79.8 Å². The Labute approximate surface area is 207 Å². The molecule has 1 aliphatic carbocycles. The van der Waals surface area contributed by atoms with Crippen LogP contribution < -0.4 is 19.5 Å². The van der Waals surface area contributed by atoms with Crippen molar-refractivity contribution < 1.29 is 17.9 Å². The largest absolute Gasteiger partial charge is 0.494 e. The molecule has 0 fully saturated rings. The van der Waals surface area contributed by atoms with Gasteiger partial charge in [-0.15, -0.1) is 0 Å². The molecule has 2 N–H and O–H groups in total. The van der Waals surface area contributed by atoms with Gasteiger partial charge in [0.25, 0.3) is 10.0 Å². The van der Waals surface area contributed by atoms with Crippen LogP contribution in [0, 0.1) is 5.92 Å². The van der Waals surface area contributed by atoms with Gasteiger partial charge in [-0.1, -0.05) is 36.4 Å². The standard InChI is InChI=1S/C28H30N2O4S/c1-3-33-20-14-12-19(13-15-20)28-23-9-7-8-22(23)24-18-21(16-17-25(24)29-28)35(31,32)30-26-10-5-6-11-27(26)34-4-2/h5-8,10-18,22-23,28-30H,3-4,9H2,1-2H3/t22-,23+,28+/m0/s1. The fraction of sp³-hybridized carbons (Fsp3) is 0.286. The van der Waals surface area contributed by atoms with Crippen LogP contribution in [0.15, 0.2) is 83.8 Å². The van der Waals surface area contributed by atoms with Crippen molar-refractivity contribution in [3.8, 4) is 11.5 Å². The van der Waals surface area contributed by atoms with E-state index < -0.39 is 10.0 Å². The number of benzene rings is 3. The molecule has 5 rings (SSSR count). The smallest absolute Gasteiger partial charge is 0.262 e. The van der Waals surface area contributed by atoms with Gasteiger partial charge in [-0.3, -0.25) is 4.72 Å². The molecule has 0 unspecified atom stereocenters. The monoisotopic (exact) mass is 490 g/mol. The summed E-state index contributed by atoms with van der Waals surface area (Å²) in [4.78, 5) is 0.239. The second-order valence-corrected chi connectivity index (χ2v) is 10.4. The van der Waals surface area contributed by atoms with Crippen LogP contribution in [-0.2, 0) is 10.0 Å². The third-order valence-electron chi connectivity index (χ3n) is 6.63. The number of ether oxygens (including phenoxy) is 2. The molecule has 3 atom stereocenters. The second kappa shape index (κ2) is 9.66. The highest BCUT2D eigenvalue weighted by Crippen LogP contribution is 2.50. The van der Waals surface area contributed by atoms with Gasteiger partial charge in [0, 0.05) is 11.6 Å². The van der Waals surface area contributed by atoms with Gasteiger partial charge in [0.2, 0.25) is 0 Å². The number of para-hydroxylation sites is 2. The molecule has 0 aromatic heterocycles. The van der Waals surface area contributed by atoms with Crippen LogP contribution >= 0.6 is 0 Å². The quantitative estimate of drug-likeness (QED) is 0.373. The van der Waals surface area contributed by atoms with Gasteiger partial charge in [-0.2, -0.15) is 0 Å². The van der Waals surface area contributed by atoms with E-state index in [0.717, 1.165) is 23.4 Å². The molecule has 0 bridgehead atoms. The Morgan fingerprint density at radius 2 is 1.74 bits per heavy atom.